The molecule has 2 amide bonds. The van der Waals surface area contributed by atoms with E-state index in [1.807, 2.05) is 42.5 Å². The van der Waals surface area contributed by atoms with E-state index in [-0.39, 0.29) is 6.03 Å². The summed E-state index contributed by atoms with van der Waals surface area (Å²) in [6.45, 7) is 0.517. The van der Waals surface area contributed by atoms with Crippen molar-refractivity contribution in [2.45, 2.75) is 16.3 Å². The standard InChI is InChI=1S/C14H13N3OS/c15-16-14(18)17-9-10-5-1-3-7-12(10)19-13-8-4-2-6-11(13)17/h1-8H,9,15H2,(H,16,18). The lowest BCUT2D eigenvalue weighted by Gasteiger charge is -2.21. The molecule has 0 unspecified atom stereocenters. The van der Waals surface area contributed by atoms with Crippen LogP contribution in [0.5, 0.6) is 0 Å². The summed E-state index contributed by atoms with van der Waals surface area (Å²) < 4.78 is 0. The lowest BCUT2D eigenvalue weighted by atomic mass is 10.2. The van der Waals surface area contributed by atoms with Gasteiger partial charge in [0.2, 0.25) is 0 Å². The molecule has 2 aromatic carbocycles. The van der Waals surface area contributed by atoms with E-state index in [1.54, 1.807) is 16.7 Å². The lowest BCUT2D eigenvalue weighted by molar-refractivity contribution is 0.246. The molecule has 19 heavy (non-hydrogen) atoms. The topological polar surface area (TPSA) is 58.4 Å². The maximum absolute atomic E-state index is 12.0. The third-order valence-corrected chi connectivity index (χ3v) is 4.23. The van der Waals surface area contributed by atoms with Gasteiger partial charge in [0.15, 0.2) is 0 Å². The van der Waals surface area contributed by atoms with Crippen LogP contribution >= 0.6 is 11.8 Å². The number of hydrogen-bond acceptors (Lipinski definition) is 3. The lowest BCUT2D eigenvalue weighted by Crippen LogP contribution is -2.43. The molecule has 0 saturated carbocycles. The van der Waals surface area contributed by atoms with Crippen LogP contribution in [0.3, 0.4) is 0 Å². The third-order valence-electron chi connectivity index (χ3n) is 3.05. The minimum Gasteiger partial charge on any atom is -0.288 e. The van der Waals surface area contributed by atoms with E-state index in [0.29, 0.717) is 6.54 Å². The smallest absolute Gasteiger partial charge is 0.288 e. The number of para-hydroxylation sites is 1. The number of amides is 2. The van der Waals surface area contributed by atoms with Crippen molar-refractivity contribution in [3.63, 3.8) is 0 Å². The van der Waals surface area contributed by atoms with Crippen LogP contribution in [0.4, 0.5) is 10.5 Å². The number of carbonyl (C=O) groups is 1. The molecule has 0 fully saturated rings. The number of hydrazine groups is 1. The molecule has 0 aliphatic carbocycles. The van der Waals surface area contributed by atoms with Gasteiger partial charge in [0.1, 0.15) is 0 Å². The molecule has 1 aliphatic rings. The summed E-state index contributed by atoms with van der Waals surface area (Å²) in [5, 5.41) is 0. The zero-order valence-electron chi connectivity index (χ0n) is 10.2. The Morgan fingerprint density at radius 2 is 1.79 bits per heavy atom. The second kappa shape index (κ2) is 4.95. The molecule has 96 valence electrons. The number of benzene rings is 2. The first-order valence-electron chi connectivity index (χ1n) is 5.92. The fourth-order valence-electron chi connectivity index (χ4n) is 2.13. The van der Waals surface area contributed by atoms with E-state index < -0.39 is 0 Å². The number of urea groups is 1. The second-order valence-electron chi connectivity index (χ2n) is 4.21. The summed E-state index contributed by atoms with van der Waals surface area (Å²) in [4.78, 5) is 15.9. The summed E-state index contributed by atoms with van der Waals surface area (Å²) in [5.41, 5.74) is 4.21. The molecule has 2 aromatic rings. The number of nitrogens with one attached hydrogen (secondary N) is 1. The van der Waals surface area contributed by atoms with Crippen LogP contribution in [0.1, 0.15) is 5.56 Å². The van der Waals surface area contributed by atoms with Crippen molar-refractivity contribution in [3.8, 4) is 0 Å². The molecule has 0 radical (unpaired) electrons. The highest BCUT2D eigenvalue weighted by Crippen LogP contribution is 2.40. The first-order valence-corrected chi connectivity index (χ1v) is 6.74. The molecule has 0 aromatic heterocycles. The molecule has 0 bridgehead atoms. The Kier molecular flexibility index (Phi) is 3.15. The Morgan fingerprint density at radius 1 is 1.11 bits per heavy atom. The molecule has 4 nitrogen and oxygen atoms in total. The predicted octanol–water partition coefficient (Wildman–Crippen LogP) is 2.74. The Labute approximate surface area is 115 Å². The highest BCUT2D eigenvalue weighted by Gasteiger charge is 2.23. The highest BCUT2D eigenvalue weighted by molar-refractivity contribution is 7.99. The van der Waals surface area contributed by atoms with Crippen LogP contribution in [0.25, 0.3) is 0 Å². The van der Waals surface area contributed by atoms with Gasteiger partial charge in [-0.25, -0.2) is 10.6 Å². The van der Waals surface area contributed by atoms with E-state index in [1.165, 1.54) is 4.90 Å². The maximum atomic E-state index is 12.0. The fourth-order valence-corrected chi connectivity index (χ4v) is 3.21. The van der Waals surface area contributed by atoms with Crippen LogP contribution in [-0.4, -0.2) is 6.03 Å². The number of nitrogens with zero attached hydrogens (tertiary/aromatic N) is 1. The number of rotatable bonds is 0. The van der Waals surface area contributed by atoms with E-state index in [4.69, 9.17) is 5.84 Å². The minimum absolute atomic E-state index is 0.301. The van der Waals surface area contributed by atoms with E-state index in [0.717, 1.165) is 16.1 Å². The largest absolute Gasteiger partial charge is 0.336 e. The first kappa shape index (κ1) is 12.1. The first-order chi connectivity index (χ1) is 9.29. The van der Waals surface area contributed by atoms with Crippen molar-refractivity contribution < 1.29 is 4.79 Å². The van der Waals surface area contributed by atoms with Gasteiger partial charge in [-0.15, -0.1) is 0 Å². The average Bonchev–Trinajstić information content (AvgIpc) is 2.62. The fraction of sp³-hybridized carbons (Fsp3) is 0.0714. The van der Waals surface area contributed by atoms with Crippen molar-refractivity contribution in [2.75, 3.05) is 4.90 Å². The summed E-state index contributed by atoms with van der Waals surface area (Å²) in [5.74, 6) is 5.28. The Hall–Kier alpha value is -1.98. The molecule has 0 saturated heterocycles. The van der Waals surface area contributed by atoms with Crippen molar-refractivity contribution >= 4 is 23.5 Å². The Bertz CT molecular complexity index is 630. The van der Waals surface area contributed by atoms with E-state index >= 15 is 0 Å². The molecule has 1 aliphatic heterocycles. The zero-order valence-corrected chi connectivity index (χ0v) is 11.0. The quantitative estimate of drug-likeness (QED) is 0.440. The normalized spacial score (nSPS) is 13.2. The van der Waals surface area contributed by atoms with Crippen molar-refractivity contribution in [1.29, 1.82) is 0 Å². The number of hydrogen-bond donors (Lipinski definition) is 2. The molecular weight excluding hydrogens is 258 g/mol. The van der Waals surface area contributed by atoms with Crippen molar-refractivity contribution in [2.24, 2.45) is 5.84 Å². The van der Waals surface area contributed by atoms with Gasteiger partial charge in [0.25, 0.3) is 0 Å². The van der Waals surface area contributed by atoms with Gasteiger partial charge in [0, 0.05) is 9.79 Å². The molecule has 3 N–H and O–H groups in total. The molecule has 0 atom stereocenters. The SMILES string of the molecule is NNC(=O)N1Cc2ccccc2Sc2ccccc21. The monoisotopic (exact) mass is 271 g/mol. The molecule has 1 heterocycles. The summed E-state index contributed by atoms with van der Waals surface area (Å²) in [6.07, 6.45) is 0. The van der Waals surface area contributed by atoms with Gasteiger partial charge in [-0.1, -0.05) is 42.1 Å². The third kappa shape index (κ3) is 2.18. The predicted molar refractivity (Wildman–Crippen MR) is 75.9 cm³/mol. The zero-order chi connectivity index (χ0) is 13.2. The maximum Gasteiger partial charge on any atom is 0.336 e. The van der Waals surface area contributed by atoms with Crippen LogP contribution in [0.2, 0.25) is 0 Å². The molecule has 5 heteroatoms. The summed E-state index contributed by atoms with van der Waals surface area (Å²) >= 11 is 1.67. The van der Waals surface area contributed by atoms with Gasteiger partial charge >= 0.3 is 6.03 Å². The number of nitrogens with two attached hydrogens (primary N) is 1. The van der Waals surface area contributed by atoms with Gasteiger partial charge in [0.05, 0.1) is 12.2 Å². The van der Waals surface area contributed by atoms with Crippen molar-refractivity contribution in [1.82, 2.24) is 5.43 Å². The molecular formula is C14H13N3OS. The van der Waals surface area contributed by atoms with Crippen LogP contribution in [-0.2, 0) is 6.54 Å². The van der Waals surface area contributed by atoms with Crippen LogP contribution in [0.15, 0.2) is 58.3 Å². The average molecular weight is 271 g/mol. The summed E-state index contributed by atoms with van der Waals surface area (Å²) in [6, 6.07) is 15.6. The van der Waals surface area contributed by atoms with Gasteiger partial charge in [-0.05, 0) is 23.8 Å². The molecule has 0 spiro atoms. The minimum atomic E-state index is -0.301. The van der Waals surface area contributed by atoms with E-state index in [9.17, 15) is 4.79 Å². The van der Waals surface area contributed by atoms with Gasteiger partial charge < -0.3 is 0 Å². The second-order valence-corrected chi connectivity index (χ2v) is 5.30. The summed E-state index contributed by atoms with van der Waals surface area (Å²) in [7, 11) is 0. The highest BCUT2D eigenvalue weighted by atomic mass is 32.2. The van der Waals surface area contributed by atoms with Gasteiger partial charge in [-0.3, -0.25) is 10.3 Å². The number of carbonyl (C=O) groups excluding carboxylic acids is 1. The van der Waals surface area contributed by atoms with Crippen LogP contribution < -0.4 is 16.2 Å². The van der Waals surface area contributed by atoms with Gasteiger partial charge in [-0.2, -0.15) is 0 Å². The molecule has 3 rings (SSSR count). The Morgan fingerprint density at radius 3 is 2.58 bits per heavy atom. The number of fused-ring (bicyclic) bond motifs is 2. The van der Waals surface area contributed by atoms with Crippen LogP contribution in [0, 0.1) is 0 Å². The number of anilines is 1. The Balaban J connectivity index is 2.14. The van der Waals surface area contributed by atoms with Crippen molar-refractivity contribution in [3.05, 3.63) is 54.1 Å². The van der Waals surface area contributed by atoms with E-state index in [2.05, 4.69) is 11.5 Å².